The van der Waals surface area contributed by atoms with Crippen LogP contribution in [0.2, 0.25) is 5.02 Å². The van der Waals surface area contributed by atoms with Crippen LogP contribution in [0.3, 0.4) is 0 Å². The zero-order valence-corrected chi connectivity index (χ0v) is 12.2. The van der Waals surface area contributed by atoms with Gasteiger partial charge >= 0.3 is 0 Å². The van der Waals surface area contributed by atoms with E-state index in [0.29, 0.717) is 4.47 Å². The molecule has 0 aromatic heterocycles. The molecule has 20 heavy (non-hydrogen) atoms. The maximum atomic E-state index is 13.1. The Morgan fingerprint density at radius 3 is 2.55 bits per heavy atom. The molecule has 0 aliphatic rings. The molecule has 0 bridgehead atoms. The lowest BCUT2D eigenvalue weighted by Gasteiger charge is -2.10. The van der Waals surface area contributed by atoms with Crippen molar-refractivity contribution in [2.24, 2.45) is 0 Å². The molecule has 0 radical (unpaired) electrons. The molecule has 0 atom stereocenters. The third kappa shape index (κ3) is 3.08. The van der Waals surface area contributed by atoms with Gasteiger partial charge in [0.2, 0.25) is 0 Å². The van der Waals surface area contributed by atoms with Crippen molar-refractivity contribution in [2.75, 3.05) is 11.1 Å². The first kappa shape index (κ1) is 14.7. The van der Waals surface area contributed by atoms with Crippen molar-refractivity contribution in [1.82, 2.24) is 0 Å². The maximum absolute atomic E-state index is 13.1. The average Bonchev–Trinajstić information content (AvgIpc) is 2.36. The van der Waals surface area contributed by atoms with E-state index in [1.807, 2.05) is 0 Å². The molecule has 0 saturated heterocycles. The summed E-state index contributed by atoms with van der Waals surface area (Å²) in [5.74, 6) is -1.68. The van der Waals surface area contributed by atoms with Gasteiger partial charge in [0.05, 0.1) is 16.4 Å². The Hall–Kier alpha value is -1.66. The third-order valence-electron chi connectivity index (χ3n) is 2.50. The van der Waals surface area contributed by atoms with E-state index in [9.17, 15) is 13.6 Å². The van der Waals surface area contributed by atoms with Crippen LogP contribution in [-0.2, 0) is 0 Å². The monoisotopic (exact) mass is 360 g/mol. The molecular weight excluding hydrogens is 354 g/mol. The average molecular weight is 362 g/mol. The molecule has 0 fully saturated rings. The van der Waals surface area contributed by atoms with Gasteiger partial charge in [-0.3, -0.25) is 4.79 Å². The second kappa shape index (κ2) is 5.76. The summed E-state index contributed by atoms with van der Waals surface area (Å²) in [5, 5.41) is 2.55. The number of carbonyl (C=O) groups is 1. The number of hydrogen-bond donors (Lipinski definition) is 2. The Morgan fingerprint density at radius 1 is 1.25 bits per heavy atom. The molecule has 104 valence electrons. The van der Waals surface area contributed by atoms with Gasteiger partial charge in [0.15, 0.2) is 0 Å². The van der Waals surface area contributed by atoms with E-state index in [2.05, 4.69) is 21.2 Å². The van der Waals surface area contributed by atoms with E-state index in [4.69, 9.17) is 17.3 Å². The minimum atomic E-state index is -0.609. The van der Waals surface area contributed by atoms with Crippen molar-refractivity contribution >= 4 is 44.8 Å². The Morgan fingerprint density at radius 2 is 1.95 bits per heavy atom. The van der Waals surface area contributed by atoms with Crippen LogP contribution in [0.4, 0.5) is 20.2 Å². The van der Waals surface area contributed by atoms with Gasteiger partial charge in [-0.2, -0.15) is 0 Å². The van der Waals surface area contributed by atoms with Crippen LogP contribution >= 0.6 is 27.5 Å². The first-order valence-electron chi connectivity index (χ1n) is 5.39. The number of benzene rings is 2. The third-order valence-corrected chi connectivity index (χ3v) is 3.43. The van der Waals surface area contributed by atoms with Gasteiger partial charge in [-0.1, -0.05) is 11.6 Å². The number of anilines is 2. The Labute approximate surface area is 126 Å². The molecule has 2 rings (SSSR count). The molecule has 0 aliphatic heterocycles. The fraction of sp³-hybridized carbons (Fsp3) is 0. The van der Waals surface area contributed by atoms with Crippen LogP contribution in [0.15, 0.2) is 34.8 Å². The van der Waals surface area contributed by atoms with E-state index >= 15 is 0 Å². The summed E-state index contributed by atoms with van der Waals surface area (Å²) < 4.78 is 26.4. The summed E-state index contributed by atoms with van der Waals surface area (Å²) in [7, 11) is 0. The fourth-order valence-electron chi connectivity index (χ4n) is 1.53. The Balaban J connectivity index is 2.30. The van der Waals surface area contributed by atoms with Crippen LogP contribution in [0, 0.1) is 11.6 Å². The van der Waals surface area contributed by atoms with Crippen molar-refractivity contribution in [3.63, 3.8) is 0 Å². The van der Waals surface area contributed by atoms with Crippen LogP contribution in [0.1, 0.15) is 10.4 Å². The molecule has 0 spiro atoms. The Bertz CT molecular complexity index is 671. The zero-order valence-electron chi connectivity index (χ0n) is 9.88. The smallest absolute Gasteiger partial charge is 0.255 e. The first-order chi connectivity index (χ1) is 9.38. The summed E-state index contributed by atoms with van der Waals surface area (Å²) in [6.07, 6.45) is 0. The van der Waals surface area contributed by atoms with E-state index in [0.717, 1.165) is 12.1 Å². The van der Waals surface area contributed by atoms with Crippen molar-refractivity contribution in [2.45, 2.75) is 0 Å². The fourth-order valence-corrected chi connectivity index (χ4v) is 2.43. The number of rotatable bonds is 2. The lowest BCUT2D eigenvalue weighted by atomic mass is 10.1. The number of nitrogen functional groups attached to an aromatic ring is 1. The van der Waals surface area contributed by atoms with Crippen molar-refractivity contribution < 1.29 is 13.6 Å². The minimum absolute atomic E-state index is 0.0420. The zero-order chi connectivity index (χ0) is 14.9. The standard InChI is InChI=1S/C13H8BrClF2N2O/c14-8-4-7(16)5-9(15)12(8)19-13(20)6-1-2-10(17)11(18)3-6/h1-5H,18H2,(H,19,20). The highest BCUT2D eigenvalue weighted by molar-refractivity contribution is 9.10. The first-order valence-corrected chi connectivity index (χ1v) is 6.56. The van der Waals surface area contributed by atoms with Gasteiger partial charge in [0.25, 0.3) is 5.91 Å². The summed E-state index contributed by atoms with van der Waals surface area (Å²) >= 11 is 8.95. The molecule has 0 aliphatic carbocycles. The molecule has 0 unspecified atom stereocenters. The topological polar surface area (TPSA) is 55.1 Å². The lowest BCUT2D eigenvalue weighted by molar-refractivity contribution is 0.102. The van der Waals surface area contributed by atoms with Crippen molar-refractivity contribution in [3.05, 3.63) is 57.0 Å². The molecule has 0 heterocycles. The number of hydrogen-bond acceptors (Lipinski definition) is 2. The highest BCUT2D eigenvalue weighted by Gasteiger charge is 2.14. The molecule has 1 amide bonds. The number of nitrogens with two attached hydrogens (primary N) is 1. The quantitative estimate of drug-likeness (QED) is 0.787. The molecular formula is C13H8BrClF2N2O. The second-order valence-electron chi connectivity index (χ2n) is 3.93. The van der Waals surface area contributed by atoms with E-state index in [1.165, 1.54) is 18.2 Å². The molecule has 2 aromatic carbocycles. The summed E-state index contributed by atoms with van der Waals surface area (Å²) in [5.41, 5.74) is 5.64. The van der Waals surface area contributed by atoms with Gasteiger partial charge in [0.1, 0.15) is 11.6 Å². The summed E-state index contributed by atoms with van der Waals surface area (Å²) in [6.45, 7) is 0. The molecule has 3 nitrogen and oxygen atoms in total. The van der Waals surface area contributed by atoms with Crippen LogP contribution < -0.4 is 11.1 Å². The predicted molar refractivity (Wildman–Crippen MR) is 77.9 cm³/mol. The Kier molecular flexibility index (Phi) is 4.25. The predicted octanol–water partition coefficient (Wildman–Crippen LogP) is 4.22. The second-order valence-corrected chi connectivity index (χ2v) is 5.20. The largest absolute Gasteiger partial charge is 0.396 e. The van der Waals surface area contributed by atoms with Gasteiger partial charge in [-0.05, 0) is 46.3 Å². The highest BCUT2D eigenvalue weighted by Crippen LogP contribution is 2.32. The van der Waals surface area contributed by atoms with E-state index in [-0.39, 0.29) is 22.0 Å². The number of halogens is 4. The molecule has 2 aromatic rings. The molecule has 7 heteroatoms. The van der Waals surface area contributed by atoms with E-state index in [1.54, 1.807) is 0 Å². The van der Waals surface area contributed by atoms with Crippen LogP contribution in [0.25, 0.3) is 0 Å². The van der Waals surface area contributed by atoms with E-state index < -0.39 is 17.5 Å². The summed E-state index contributed by atoms with van der Waals surface area (Å²) in [4.78, 5) is 12.0. The van der Waals surface area contributed by atoms with Gasteiger partial charge in [0, 0.05) is 10.0 Å². The van der Waals surface area contributed by atoms with Crippen LogP contribution in [-0.4, -0.2) is 5.91 Å². The van der Waals surface area contributed by atoms with Crippen molar-refractivity contribution in [1.29, 1.82) is 0 Å². The number of amides is 1. The molecule has 3 N–H and O–H groups in total. The summed E-state index contributed by atoms with van der Waals surface area (Å²) in [6, 6.07) is 5.81. The number of nitrogens with one attached hydrogen (secondary N) is 1. The van der Waals surface area contributed by atoms with Crippen molar-refractivity contribution in [3.8, 4) is 0 Å². The highest BCUT2D eigenvalue weighted by atomic mass is 79.9. The SMILES string of the molecule is Nc1cc(C(=O)Nc2c(Cl)cc(F)cc2Br)ccc1F. The minimum Gasteiger partial charge on any atom is -0.396 e. The maximum Gasteiger partial charge on any atom is 0.255 e. The van der Waals surface area contributed by atoms with Crippen LogP contribution in [0.5, 0.6) is 0 Å². The van der Waals surface area contributed by atoms with Gasteiger partial charge in [-0.15, -0.1) is 0 Å². The van der Waals surface area contributed by atoms with Gasteiger partial charge in [-0.25, -0.2) is 8.78 Å². The normalized spacial score (nSPS) is 10.4. The molecule has 0 saturated carbocycles. The van der Waals surface area contributed by atoms with Gasteiger partial charge < -0.3 is 11.1 Å². The number of carbonyl (C=O) groups excluding carboxylic acids is 1. The lowest BCUT2D eigenvalue weighted by Crippen LogP contribution is -2.13.